The number of nitrogens with zero attached hydrogens (tertiary/aromatic N) is 2. The first-order valence-corrected chi connectivity index (χ1v) is 17.2. The SMILES string of the molecule is C[C@@H]1CCCCO[C@@H](CN(C)C(=O)c2ccccc2)[C@@H](C)CN([C@@H](C)CO)C(=O)c2cc(NS(=O)(=O)c3ccccc3)ccc2O1. The van der Waals surface area contributed by atoms with Gasteiger partial charge in [0.05, 0.1) is 35.3 Å². The number of fused-ring (bicyclic) bond motifs is 1. The van der Waals surface area contributed by atoms with E-state index in [0.29, 0.717) is 30.9 Å². The second kappa shape index (κ2) is 16.1. The molecule has 46 heavy (non-hydrogen) atoms. The number of rotatable bonds is 8. The molecule has 0 spiro atoms. The quantitative estimate of drug-likeness (QED) is 0.349. The van der Waals surface area contributed by atoms with Crippen molar-refractivity contribution in [3.8, 4) is 5.75 Å². The van der Waals surface area contributed by atoms with Crippen LogP contribution in [0.15, 0.2) is 83.8 Å². The van der Waals surface area contributed by atoms with Gasteiger partial charge in [-0.1, -0.05) is 43.3 Å². The largest absolute Gasteiger partial charge is 0.490 e. The molecule has 0 aromatic heterocycles. The summed E-state index contributed by atoms with van der Waals surface area (Å²) in [6, 6.07) is 21.1. The van der Waals surface area contributed by atoms with E-state index in [1.165, 1.54) is 18.2 Å². The Morgan fingerprint density at radius 1 is 1.04 bits per heavy atom. The van der Waals surface area contributed by atoms with Crippen LogP contribution in [0.25, 0.3) is 0 Å². The molecule has 3 aromatic carbocycles. The lowest BCUT2D eigenvalue weighted by molar-refractivity contribution is -0.0149. The summed E-state index contributed by atoms with van der Waals surface area (Å²) in [6.45, 7) is 6.37. The summed E-state index contributed by atoms with van der Waals surface area (Å²) in [4.78, 5) is 30.8. The smallest absolute Gasteiger partial charge is 0.261 e. The van der Waals surface area contributed by atoms with Crippen molar-refractivity contribution in [1.29, 1.82) is 0 Å². The van der Waals surface area contributed by atoms with Crippen LogP contribution >= 0.6 is 0 Å². The van der Waals surface area contributed by atoms with Gasteiger partial charge in [-0.25, -0.2) is 8.42 Å². The third-order valence-corrected chi connectivity index (χ3v) is 9.58. The first-order valence-electron chi connectivity index (χ1n) is 15.7. The number of amides is 2. The van der Waals surface area contributed by atoms with Crippen LogP contribution in [0.4, 0.5) is 5.69 Å². The Labute approximate surface area is 272 Å². The number of aliphatic hydroxyl groups excluding tert-OH is 1. The van der Waals surface area contributed by atoms with Crippen LogP contribution in [0.2, 0.25) is 0 Å². The van der Waals surface area contributed by atoms with Gasteiger partial charge in [-0.2, -0.15) is 0 Å². The molecule has 0 aliphatic carbocycles. The maximum Gasteiger partial charge on any atom is 0.261 e. The average Bonchev–Trinajstić information content (AvgIpc) is 3.06. The first-order chi connectivity index (χ1) is 22.0. The van der Waals surface area contributed by atoms with Crippen LogP contribution in [0.5, 0.6) is 5.75 Å². The minimum atomic E-state index is -3.91. The van der Waals surface area contributed by atoms with E-state index in [-0.39, 0.29) is 53.3 Å². The number of benzene rings is 3. The fourth-order valence-corrected chi connectivity index (χ4v) is 6.49. The number of ether oxygens (including phenoxy) is 2. The van der Waals surface area contributed by atoms with Crippen LogP contribution in [0, 0.1) is 5.92 Å². The molecule has 0 saturated heterocycles. The summed E-state index contributed by atoms with van der Waals surface area (Å²) in [5.74, 6) is -0.435. The summed E-state index contributed by atoms with van der Waals surface area (Å²) in [5, 5.41) is 10.2. The number of hydrogen-bond acceptors (Lipinski definition) is 7. The van der Waals surface area contributed by atoms with Gasteiger partial charge in [-0.3, -0.25) is 14.3 Å². The van der Waals surface area contributed by atoms with Gasteiger partial charge in [0.25, 0.3) is 21.8 Å². The van der Waals surface area contributed by atoms with Gasteiger partial charge >= 0.3 is 0 Å². The Morgan fingerprint density at radius 3 is 2.39 bits per heavy atom. The van der Waals surface area contributed by atoms with E-state index >= 15 is 0 Å². The molecule has 0 bridgehead atoms. The third-order valence-electron chi connectivity index (χ3n) is 8.18. The number of anilines is 1. The number of carbonyl (C=O) groups is 2. The molecule has 1 aliphatic heterocycles. The number of likely N-dealkylation sites (N-methyl/N-ethyl adjacent to an activating group) is 1. The van der Waals surface area contributed by atoms with Gasteiger partial charge in [-0.05, 0) is 75.6 Å². The summed E-state index contributed by atoms with van der Waals surface area (Å²) in [6.07, 6.45) is 1.71. The number of sulfonamides is 1. The number of hydrogen-bond donors (Lipinski definition) is 2. The Bertz CT molecular complexity index is 1550. The van der Waals surface area contributed by atoms with Crippen molar-refractivity contribution in [2.75, 3.05) is 38.1 Å². The van der Waals surface area contributed by atoms with Gasteiger partial charge in [0, 0.05) is 43.9 Å². The number of aliphatic hydroxyl groups is 1. The molecule has 11 heteroatoms. The van der Waals surface area contributed by atoms with Crippen LogP contribution in [0.1, 0.15) is 60.7 Å². The summed E-state index contributed by atoms with van der Waals surface area (Å²) in [5.41, 5.74) is 0.965. The predicted molar refractivity (Wildman–Crippen MR) is 178 cm³/mol. The lowest BCUT2D eigenvalue weighted by Crippen LogP contribution is -2.48. The summed E-state index contributed by atoms with van der Waals surface area (Å²) >= 11 is 0. The lowest BCUT2D eigenvalue weighted by atomic mass is 10.0. The van der Waals surface area contributed by atoms with Gasteiger partial charge in [0.1, 0.15) is 5.75 Å². The lowest BCUT2D eigenvalue weighted by Gasteiger charge is -2.36. The van der Waals surface area contributed by atoms with Crippen molar-refractivity contribution in [3.63, 3.8) is 0 Å². The van der Waals surface area contributed by atoms with Gasteiger partial charge in [0.15, 0.2) is 0 Å². The van der Waals surface area contributed by atoms with Crippen molar-refractivity contribution < 1.29 is 32.6 Å². The van der Waals surface area contributed by atoms with E-state index in [0.717, 1.165) is 12.8 Å². The van der Waals surface area contributed by atoms with E-state index in [1.807, 2.05) is 32.0 Å². The summed E-state index contributed by atoms with van der Waals surface area (Å²) in [7, 11) is -2.17. The fourth-order valence-electron chi connectivity index (χ4n) is 5.42. The van der Waals surface area contributed by atoms with E-state index in [4.69, 9.17) is 9.47 Å². The highest BCUT2D eigenvalue weighted by Gasteiger charge is 2.31. The Kier molecular flexibility index (Phi) is 12.2. The van der Waals surface area contributed by atoms with Gasteiger partial charge in [0.2, 0.25) is 0 Å². The molecule has 10 nitrogen and oxygen atoms in total. The topological polar surface area (TPSA) is 125 Å². The highest BCUT2D eigenvalue weighted by atomic mass is 32.2. The van der Waals surface area contributed by atoms with Crippen LogP contribution < -0.4 is 9.46 Å². The highest BCUT2D eigenvalue weighted by molar-refractivity contribution is 7.92. The molecule has 248 valence electrons. The van der Waals surface area contributed by atoms with Crippen LogP contribution in [-0.4, -0.2) is 86.7 Å². The molecule has 0 saturated carbocycles. The molecule has 3 aromatic rings. The standard InChI is InChI=1S/C35H45N3O7S/c1-25-22-38(26(2)24-39)35(41)31-21-29(36-46(42,43)30-16-9-6-10-17-30)18-19-32(31)45-27(3)13-11-12-20-44-33(25)23-37(4)34(40)28-14-7-5-8-15-28/h5-10,14-19,21,25-27,33,36,39H,11-13,20,22-24H2,1-4H3/t25-,26-,27+,33-/m0/s1. The van der Waals surface area contributed by atoms with Crippen molar-refractivity contribution in [2.45, 2.75) is 63.2 Å². The van der Waals surface area contributed by atoms with E-state index in [1.54, 1.807) is 66.2 Å². The minimum Gasteiger partial charge on any atom is -0.490 e. The van der Waals surface area contributed by atoms with Crippen molar-refractivity contribution in [1.82, 2.24) is 9.80 Å². The number of nitrogens with one attached hydrogen (secondary N) is 1. The molecule has 2 N–H and O–H groups in total. The molecule has 1 heterocycles. The van der Waals surface area contributed by atoms with Crippen molar-refractivity contribution in [2.24, 2.45) is 5.92 Å². The Hall–Kier alpha value is -3.93. The van der Waals surface area contributed by atoms with Crippen molar-refractivity contribution in [3.05, 3.63) is 90.0 Å². The molecule has 4 rings (SSSR count). The second-order valence-electron chi connectivity index (χ2n) is 12.0. The number of carbonyl (C=O) groups excluding carboxylic acids is 2. The van der Waals surface area contributed by atoms with Gasteiger partial charge < -0.3 is 24.4 Å². The fraction of sp³-hybridized carbons (Fsp3) is 0.429. The van der Waals surface area contributed by atoms with E-state index in [2.05, 4.69) is 4.72 Å². The predicted octanol–water partition coefficient (Wildman–Crippen LogP) is 5.06. The maximum atomic E-state index is 14.3. The Balaban J connectivity index is 1.66. The molecule has 0 radical (unpaired) electrons. The zero-order valence-electron chi connectivity index (χ0n) is 27.0. The van der Waals surface area contributed by atoms with Crippen molar-refractivity contribution >= 4 is 27.5 Å². The van der Waals surface area contributed by atoms with Crippen LogP contribution in [-0.2, 0) is 14.8 Å². The molecular formula is C35H45N3O7S. The molecule has 1 aliphatic rings. The van der Waals surface area contributed by atoms with E-state index < -0.39 is 22.0 Å². The van der Waals surface area contributed by atoms with Crippen LogP contribution in [0.3, 0.4) is 0 Å². The second-order valence-corrected chi connectivity index (χ2v) is 13.7. The zero-order chi connectivity index (χ0) is 33.3. The normalized spacial score (nSPS) is 20.5. The van der Waals surface area contributed by atoms with Gasteiger partial charge in [-0.15, -0.1) is 0 Å². The third kappa shape index (κ3) is 9.08. The maximum absolute atomic E-state index is 14.3. The monoisotopic (exact) mass is 651 g/mol. The first kappa shape index (κ1) is 34.9. The zero-order valence-corrected chi connectivity index (χ0v) is 27.8. The molecule has 0 fully saturated rings. The Morgan fingerprint density at radius 2 is 1.72 bits per heavy atom. The highest BCUT2D eigenvalue weighted by Crippen LogP contribution is 2.29. The van der Waals surface area contributed by atoms with E-state index in [9.17, 15) is 23.1 Å². The molecule has 4 atom stereocenters. The average molecular weight is 652 g/mol. The molecular weight excluding hydrogens is 606 g/mol. The summed E-state index contributed by atoms with van der Waals surface area (Å²) < 4.78 is 41.4. The minimum absolute atomic E-state index is 0.0948. The molecule has 0 unspecified atom stereocenters. The molecule has 2 amide bonds.